The number of carbonyl (C=O) groups excluding carboxylic acids is 1. The Kier molecular flexibility index (Phi) is 6.96. The summed E-state index contributed by atoms with van der Waals surface area (Å²) in [4.78, 5) is 26.7. The van der Waals surface area contributed by atoms with E-state index in [0.29, 0.717) is 31.1 Å². The number of nitrogens with one attached hydrogen (secondary N) is 1. The van der Waals surface area contributed by atoms with Gasteiger partial charge in [-0.2, -0.15) is 0 Å². The van der Waals surface area contributed by atoms with Crippen molar-refractivity contribution < 1.29 is 9.18 Å². The predicted molar refractivity (Wildman–Crippen MR) is 125 cm³/mol. The molecule has 2 atom stereocenters. The van der Waals surface area contributed by atoms with Crippen molar-refractivity contribution in [3.63, 3.8) is 0 Å². The number of benzene rings is 1. The molecule has 1 aliphatic carbocycles. The summed E-state index contributed by atoms with van der Waals surface area (Å²) >= 11 is 5.86. The first kappa shape index (κ1) is 22.9. The van der Waals surface area contributed by atoms with Crippen LogP contribution in [0.1, 0.15) is 55.8 Å². The van der Waals surface area contributed by atoms with E-state index in [1.54, 1.807) is 12.4 Å². The fraction of sp³-hybridized carbons (Fsp3) is 0.542. The number of rotatable bonds is 6. The van der Waals surface area contributed by atoms with Crippen molar-refractivity contribution in [2.75, 3.05) is 37.6 Å². The third-order valence-corrected chi connectivity index (χ3v) is 6.82. The highest BCUT2D eigenvalue weighted by Gasteiger charge is 2.32. The van der Waals surface area contributed by atoms with Gasteiger partial charge in [0.05, 0.1) is 10.9 Å². The van der Waals surface area contributed by atoms with E-state index in [1.165, 1.54) is 17.7 Å². The van der Waals surface area contributed by atoms with Crippen LogP contribution in [0.15, 0.2) is 24.5 Å². The van der Waals surface area contributed by atoms with Gasteiger partial charge in [-0.25, -0.2) is 14.4 Å². The van der Waals surface area contributed by atoms with Crippen molar-refractivity contribution in [1.82, 2.24) is 20.2 Å². The van der Waals surface area contributed by atoms with Crippen molar-refractivity contribution in [2.45, 2.75) is 51.5 Å². The number of aryl methyl sites for hydroxylation is 1. The average molecular weight is 460 g/mol. The van der Waals surface area contributed by atoms with Crippen LogP contribution in [0.4, 0.5) is 10.2 Å². The minimum absolute atomic E-state index is 0.0146. The monoisotopic (exact) mass is 459 g/mol. The van der Waals surface area contributed by atoms with Crippen molar-refractivity contribution in [1.29, 1.82) is 0 Å². The first-order valence-corrected chi connectivity index (χ1v) is 11.8. The van der Waals surface area contributed by atoms with Crippen molar-refractivity contribution in [3.8, 4) is 0 Å². The molecule has 2 unspecified atom stereocenters. The molecule has 2 aromatic rings. The number of anilines is 1. The lowest BCUT2D eigenvalue weighted by molar-refractivity contribution is -0.133. The number of halogens is 2. The number of hydrogen-bond acceptors (Lipinski definition) is 5. The molecule has 1 fully saturated rings. The van der Waals surface area contributed by atoms with E-state index in [4.69, 9.17) is 11.6 Å². The van der Waals surface area contributed by atoms with E-state index in [2.05, 4.69) is 27.1 Å². The lowest BCUT2D eigenvalue weighted by Gasteiger charge is -2.38. The fourth-order valence-electron chi connectivity index (χ4n) is 4.66. The third-order valence-electron chi connectivity index (χ3n) is 6.52. The normalized spacial score (nSPS) is 19.4. The number of fused-ring (bicyclic) bond motifs is 1. The molecule has 0 spiro atoms. The van der Waals surface area contributed by atoms with Crippen LogP contribution in [0, 0.1) is 5.82 Å². The molecule has 32 heavy (non-hydrogen) atoms. The molecule has 0 radical (unpaired) electrons. The predicted octanol–water partition coefficient (Wildman–Crippen LogP) is 3.75. The van der Waals surface area contributed by atoms with Crippen LogP contribution in [-0.2, 0) is 11.2 Å². The fourth-order valence-corrected chi connectivity index (χ4v) is 4.78. The highest BCUT2D eigenvalue weighted by molar-refractivity contribution is 6.30. The summed E-state index contributed by atoms with van der Waals surface area (Å²) in [6.07, 6.45) is 3.78. The van der Waals surface area contributed by atoms with Gasteiger partial charge >= 0.3 is 0 Å². The molecule has 1 aliphatic heterocycles. The Balaban J connectivity index is 1.48. The molecule has 0 saturated carbocycles. The highest BCUT2D eigenvalue weighted by atomic mass is 35.5. The number of amides is 1. The quantitative estimate of drug-likeness (QED) is 0.712. The Bertz CT molecular complexity index is 977. The third kappa shape index (κ3) is 4.74. The Labute approximate surface area is 194 Å². The summed E-state index contributed by atoms with van der Waals surface area (Å²) in [5.41, 5.74) is 3.07. The molecule has 2 heterocycles. The van der Waals surface area contributed by atoms with Crippen LogP contribution in [0.5, 0.6) is 0 Å². The number of aromatic nitrogens is 2. The lowest BCUT2D eigenvalue weighted by Crippen LogP contribution is -2.51. The first-order valence-electron chi connectivity index (χ1n) is 11.4. The maximum atomic E-state index is 14.1. The summed E-state index contributed by atoms with van der Waals surface area (Å²) < 4.78 is 14.1. The summed E-state index contributed by atoms with van der Waals surface area (Å²) in [6, 6.07) is 4.88. The second-order valence-corrected chi connectivity index (χ2v) is 9.51. The number of carbonyl (C=O) groups is 1. The van der Waals surface area contributed by atoms with Gasteiger partial charge in [-0.05, 0) is 36.5 Å². The first-order chi connectivity index (χ1) is 15.3. The molecule has 1 aromatic carbocycles. The summed E-state index contributed by atoms with van der Waals surface area (Å²) in [5.74, 6) is 0.542. The SMILES string of the molecule is CC(C)NCC(C(=O)N1CCN(c2ncnc3c2C(C)CC3)CC1)c1ccc(Cl)c(F)c1. The van der Waals surface area contributed by atoms with Gasteiger partial charge in [-0.15, -0.1) is 0 Å². The Morgan fingerprint density at radius 3 is 2.69 bits per heavy atom. The van der Waals surface area contributed by atoms with Crippen molar-refractivity contribution in [3.05, 3.63) is 52.2 Å². The second-order valence-electron chi connectivity index (χ2n) is 9.10. The highest BCUT2D eigenvalue weighted by Crippen LogP contribution is 2.37. The zero-order chi connectivity index (χ0) is 22.8. The van der Waals surface area contributed by atoms with E-state index < -0.39 is 11.7 Å². The molecule has 1 saturated heterocycles. The molecule has 8 heteroatoms. The van der Waals surface area contributed by atoms with E-state index in [0.717, 1.165) is 37.4 Å². The van der Waals surface area contributed by atoms with E-state index >= 15 is 0 Å². The largest absolute Gasteiger partial charge is 0.353 e. The molecule has 1 aromatic heterocycles. The minimum atomic E-state index is -0.497. The molecule has 4 rings (SSSR count). The van der Waals surface area contributed by atoms with Crippen LogP contribution in [-0.4, -0.2) is 59.5 Å². The molecule has 6 nitrogen and oxygen atoms in total. The Morgan fingerprint density at radius 1 is 1.25 bits per heavy atom. The summed E-state index contributed by atoms with van der Waals surface area (Å²) in [5, 5.41) is 3.40. The zero-order valence-electron chi connectivity index (χ0n) is 18.9. The molecule has 1 amide bonds. The van der Waals surface area contributed by atoms with E-state index in [-0.39, 0.29) is 17.0 Å². The zero-order valence-corrected chi connectivity index (χ0v) is 19.7. The number of nitrogens with zero attached hydrogens (tertiary/aromatic N) is 4. The summed E-state index contributed by atoms with van der Waals surface area (Å²) in [7, 11) is 0. The van der Waals surface area contributed by atoms with Crippen molar-refractivity contribution >= 4 is 23.3 Å². The smallest absolute Gasteiger partial charge is 0.231 e. The second kappa shape index (κ2) is 9.71. The van der Waals surface area contributed by atoms with Gasteiger partial charge in [0.25, 0.3) is 0 Å². The van der Waals surface area contributed by atoms with Crippen LogP contribution in [0.2, 0.25) is 5.02 Å². The van der Waals surface area contributed by atoms with Crippen molar-refractivity contribution in [2.24, 2.45) is 0 Å². The summed E-state index contributed by atoms with van der Waals surface area (Å²) in [6.45, 7) is 9.42. The van der Waals surface area contributed by atoms with Gasteiger partial charge in [0, 0.05) is 50.0 Å². The molecule has 172 valence electrons. The van der Waals surface area contributed by atoms with Gasteiger partial charge in [0.1, 0.15) is 18.0 Å². The van der Waals surface area contributed by atoms with E-state index in [1.807, 2.05) is 18.7 Å². The molecular formula is C24H31ClFN5O. The standard InChI is InChI=1S/C24H31ClFN5O/c1-15(2)27-13-18(17-5-6-19(25)20(26)12-17)24(32)31-10-8-30(9-11-31)23-22-16(3)4-7-21(22)28-14-29-23/h5-6,12,14-16,18,27H,4,7-11,13H2,1-3H3. The molecule has 2 aliphatic rings. The maximum Gasteiger partial charge on any atom is 0.231 e. The topological polar surface area (TPSA) is 61.4 Å². The molecular weight excluding hydrogens is 429 g/mol. The molecule has 0 bridgehead atoms. The van der Waals surface area contributed by atoms with Gasteiger partial charge in [0.15, 0.2) is 0 Å². The van der Waals surface area contributed by atoms with Crippen LogP contribution in [0.3, 0.4) is 0 Å². The van der Waals surface area contributed by atoms with Gasteiger partial charge < -0.3 is 15.1 Å². The van der Waals surface area contributed by atoms with Crippen LogP contribution < -0.4 is 10.2 Å². The Morgan fingerprint density at radius 2 is 2.00 bits per heavy atom. The van der Waals surface area contributed by atoms with Crippen LogP contribution in [0.25, 0.3) is 0 Å². The van der Waals surface area contributed by atoms with Gasteiger partial charge in [-0.1, -0.05) is 38.4 Å². The van der Waals surface area contributed by atoms with E-state index in [9.17, 15) is 9.18 Å². The number of hydrogen-bond donors (Lipinski definition) is 1. The minimum Gasteiger partial charge on any atom is -0.353 e. The lowest BCUT2D eigenvalue weighted by atomic mass is 9.96. The molecule has 1 N–H and O–H groups in total. The van der Waals surface area contributed by atoms with Gasteiger partial charge in [0.2, 0.25) is 5.91 Å². The average Bonchev–Trinajstić information content (AvgIpc) is 3.17. The maximum absolute atomic E-state index is 14.1. The Hall–Kier alpha value is -2.25. The number of piperazine rings is 1. The van der Waals surface area contributed by atoms with Crippen LogP contribution >= 0.6 is 11.6 Å². The van der Waals surface area contributed by atoms with Gasteiger partial charge in [-0.3, -0.25) is 4.79 Å².